The van der Waals surface area contributed by atoms with Crippen molar-refractivity contribution in [3.05, 3.63) is 0 Å². The Hall–Kier alpha value is 0.974. The summed E-state index contributed by atoms with van der Waals surface area (Å²) >= 11 is 10.3. The molecule has 0 aliphatic heterocycles. The third kappa shape index (κ3) is 4.97. The van der Waals surface area contributed by atoms with Crippen molar-refractivity contribution >= 4 is 40.1 Å². The quantitative estimate of drug-likeness (QED) is 0.405. The van der Waals surface area contributed by atoms with E-state index in [0.717, 1.165) is 0 Å². The van der Waals surface area contributed by atoms with E-state index in [1.165, 1.54) is 0 Å². The summed E-state index contributed by atoms with van der Waals surface area (Å²) in [6.07, 6.45) is 0. The van der Waals surface area contributed by atoms with Gasteiger partial charge in [0, 0.05) is 0 Å². The maximum atomic E-state index is 5.17. The Balaban J connectivity index is 2.54. The summed E-state index contributed by atoms with van der Waals surface area (Å²) in [5.41, 5.74) is 0. The molecular weight excluding hydrogens is 141 g/mol. The van der Waals surface area contributed by atoms with E-state index < -0.39 is 7.58 Å². The first-order valence-electron chi connectivity index (χ1n) is 0.878. The van der Waals surface area contributed by atoms with Gasteiger partial charge >= 0.3 is 7.58 Å². The maximum absolute atomic E-state index is 5.17. The average Bonchev–Trinajstić information content (AvgIpc) is 1.38. The monoisotopic (exact) mass is 141 g/mol. The lowest BCUT2D eigenvalue weighted by molar-refractivity contribution is 1.65. The normalized spacial score (nSPS) is 9.60. The minimum atomic E-state index is -1.27. The van der Waals surface area contributed by atoms with E-state index in [1.54, 1.807) is 0 Å². The van der Waals surface area contributed by atoms with Crippen molar-refractivity contribution in [3.8, 4) is 0 Å². The van der Waals surface area contributed by atoms with E-state index in [1.807, 2.05) is 0 Å². The minimum absolute atomic E-state index is 1.27. The van der Waals surface area contributed by atoms with Gasteiger partial charge in [0.25, 0.3) is 0 Å². The molecule has 0 aromatic carbocycles. The highest BCUT2D eigenvalue weighted by atomic mass is 35.7. The summed E-state index contributed by atoms with van der Waals surface area (Å²) in [5, 5.41) is 0. The molecule has 0 unspecified atom stereocenters. The molecule has 5 heavy (non-hydrogen) atoms. The number of halogens is 2. The molecule has 0 aliphatic carbocycles. The Morgan fingerprint density at radius 1 is 1.60 bits per heavy atom. The minimum Gasteiger partial charge on any atom is -0.338 e. The van der Waals surface area contributed by atoms with Crippen LogP contribution in [0.4, 0.5) is 0 Å². The highest BCUT2D eigenvalue weighted by Gasteiger charge is 1.92. The molecule has 0 aromatic rings. The van der Waals surface area contributed by atoms with Gasteiger partial charge in [0.2, 0.25) is 0 Å². The summed E-state index contributed by atoms with van der Waals surface area (Å²) in [6.45, 7) is 0. The number of nitrogens with one attached hydrogen (secondary N) is 1. The van der Waals surface area contributed by atoms with Gasteiger partial charge < -0.3 is 4.65 Å². The number of hydrogen-bond acceptors (Lipinski definition) is 1. The second kappa shape index (κ2) is 3.17. The molecule has 0 atom stereocenters. The molecular formula is HCl2NSi2. The van der Waals surface area contributed by atoms with Crippen molar-refractivity contribution in [2.24, 2.45) is 0 Å². The lowest BCUT2D eigenvalue weighted by Gasteiger charge is -1.83. The van der Waals surface area contributed by atoms with Crippen LogP contribution in [-0.2, 0) is 0 Å². The van der Waals surface area contributed by atoms with Crippen molar-refractivity contribution in [1.29, 1.82) is 0 Å². The van der Waals surface area contributed by atoms with Crippen molar-refractivity contribution in [2.75, 3.05) is 0 Å². The predicted molar refractivity (Wildman–Crippen MR) is 26.3 cm³/mol. The third-order valence-corrected chi connectivity index (χ3v) is 2.55. The van der Waals surface area contributed by atoms with E-state index in [0.29, 0.717) is 0 Å². The standard InChI is InChI=1S/Cl2HNSi2/c1-5(2)3-4/h3H. The molecule has 5 heteroatoms. The first-order valence-corrected chi connectivity index (χ1v) is 4.90. The smallest absolute Gasteiger partial charge is 0.338 e. The Labute approximate surface area is 45.2 Å². The lowest BCUT2D eigenvalue weighted by Crippen LogP contribution is -2.18. The van der Waals surface area contributed by atoms with Gasteiger partial charge in [0.15, 0.2) is 0 Å². The number of rotatable bonds is 1. The second-order valence-electron chi connectivity index (χ2n) is 0.385. The zero-order valence-corrected chi connectivity index (χ0v) is 5.77. The largest absolute Gasteiger partial charge is 0.350 e. The zero-order chi connectivity index (χ0) is 4.28. The van der Waals surface area contributed by atoms with Crippen LogP contribution in [0.3, 0.4) is 0 Å². The molecule has 28 valence electrons. The first-order chi connectivity index (χ1) is 2.27. The van der Waals surface area contributed by atoms with Crippen LogP contribution in [0, 0.1) is 0 Å². The summed E-state index contributed by atoms with van der Waals surface area (Å²) in [5.74, 6) is 0. The van der Waals surface area contributed by atoms with Crippen LogP contribution >= 0.6 is 22.2 Å². The van der Waals surface area contributed by atoms with E-state index in [2.05, 4.69) is 15.1 Å². The van der Waals surface area contributed by atoms with Gasteiger partial charge in [-0.25, -0.2) is 0 Å². The van der Waals surface area contributed by atoms with Gasteiger partial charge in [-0.05, 0) is 0 Å². The molecule has 0 saturated carbocycles. The van der Waals surface area contributed by atoms with E-state index >= 15 is 0 Å². The average molecular weight is 142 g/mol. The topological polar surface area (TPSA) is 12.0 Å². The zero-order valence-electron chi connectivity index (χ0n) is 2.26. The molecule has 0 heterocycles. The van der Waals surface area contributed by atoms with Crippen LogP contribution in [0.5, 0.6) is 0 Å². The van der Waals surface area contributed by atoms with Gasteiger partial charge in [-0.1, -0.05) is 0 Å². The summed E-state index contributed by atoms with van der Waals surface area (Å²) < 4.78 is 2.47. The van der Waals surface area contributed by atoms with Crippen LogP contribution in [-0.4, -0.2) is 18.0 Å². The van der Waals surface area contributed by atoms with Crippen LogP contribution in [0.25, 0.3) is 0 Å². The first kappa shape index (κ1) is 5.97. The van der Waals surface area contributed by atoms with Crippen molar-refractivity contribution < 1.29 is 0 Å². The Morgan fingerprint density at radius 2 is 1.80 bits per heavy atom. The molecule has 0 saturated heterocycles. The van der Waals surface area contributed by atoms with E-state index in [9.17, 15) is 0 Å². The van der Waals surface area contributed by atoms with Gasteiger partial charge in [-0.15, -0.1) is 22.2 Å². The lowest BCUT2D eigenvalue weighted by atomic mass is 13.9. The molecule has 0 rings (SSSR count). The fraction of sp³-hybridized carbons (Fsp3) is 0. The van der Waals surface area contributed by atoms with E-state index in [-0.39, 0.29) is 0 Å². The molecule has 0 bridgehead atoms. The van der Waals surface area contributed by atoms with Gasteiger partial charge in [0.05, 0.1) is 0 Å². The highest BCUT2D eigenvalue weighted by molar-refractivity contribution is 7.33. The molecule has 0 spiro atoms. The van der Waals surface area contributed by atoms with Crippen LogP contribution in [0.1, 0.15) is 0 Å². The Bertz CT molecular complexity index is 21.6. The fourth-order valence-electron chi connectivity index (χ4n) is 0. The van der Waals surface area contributed by atoms with Gasteiger partial charge in [-0.2, -0.15) is 0 Å². The Kier molecular flexibility index (Phi) is 3.79. The van der Waals surface area contributed by atoms with Crippen molar-refractivity contribution in [1.82, 2.24) is 4.65 Å². The summed E-state index contributed by atoms with van der Waals surface area (Å²) in [6, 6.07) is 0. The summed E-state index contributed by atoms with van der Waals surface area (Å²) in [4.78, 5) is 0. The summed E-state index contributed by atoms with van der Waals surface area (Å²) in [7, 11) is 1.62. The second-order valence-corrected chi connectivity index (χ2v) is 4.75. The molecule has 0 fully saturated rings. The molecule has 0 amide bonds. The maximum Gasteiger partial charge on any atom is 0.350 e. The molecule has 1 nitrogen and oxygen atoms in total. The number of hydrogen-bond donors (Lipinski definition) is 1. The molecule has 1 N–H and O–H groups in total. The predicted octanol–water partition coefficient (Wildman–Crippen LogP) is 0.122. The van der Waals surface area contributed by atoms with Gasteiger partial charge in [0.1, 0.15) is 10.4 Å². The molecule has 0 aliphatic rings. The highest BCUT2D eigenvalue weighted by Crippen LogP contribution is 1.84. The molecule has 4 radical (unpaired) electrons. The van der Waals surface area contributed by atoms with Crippen LogP contribution in [0.2, 0.25) is 0 Å². The van der Waals surface area contributed by atoms with Crippen LogP contribution < -0.4 is 4.65 Å². The Morgan fingerprint density at radius 3 is 1.80 bits per heavy atom. The van der Waals surface area contributed by atoms with Crippen molar-refractivity contribution in [3.63, 3.8) is 0 Å². The van der Waals surface area contributed by atoms with Crippen LogP contribution in [0.15, 0.2) is 0 Å². The molecule has 0 aromatic heterocycles. The van der Waals surface area contributed by atoms with Crippen molar-refractivity contribution in [2.45, 2.75) is 0 Å². The van der Waals surface area contributed by atoms with Gasteiger partial charge in [-0.3, -0.25) is 0 Å². The van der Waals surface area contributed by atoms with E-state index in [4.69, 9.17) is 22.2 Å². The SMILES string of the molecule is [Si]N[Si](Cl)Cl. The third-order valence-electron chi connectivity index (χ3n) is 0.0945. The fourth-order valence-corrected chi connectivity index (χ4v) is 0.